The Morgan fingerprint density at radius 1 is 1.15 bits per heavy atom. The molecule has 0 spiro atoms. The molecule has 1 heterocycles. The molecule has 2 aromatic carbocycles. The van der Waals surface area contributed by atoms with Gasteiger partial charge in [-0.3, -0.25) is 10.1 Å². The van der Waals surface area contributed by atoms with E-state index in [9.17, 15) is 9.59 Å². The van der Waals surface area contributed by atoms with Crippen LogP contribution in [0, 0.1) is 0 Å². The minimum Gasteiger partial charge on any atom is -0.491 e. The number of rotatable bonds is 4. The van der Waals surface area contributed by atoms with E-state index >= 15 is 0 Å². The van der Waals surface area contributed by atoms with E-state index in [1.54, 1.807) is 24.3 Å². The van der Waals surface area contributed by atoms with Crippen molar-refractivity contribution in [1.82, 2.24) is 5.32 Å². The molecule has 0 saturated heterocycles. The van der Waals surface area contributed by atoms with Gasteiger partial charge in [0.2, 0.25) is 6.79 Å². The summed E-state index contributed by atoms with van der Waals surface area (Å²) in [5, 5.41) is 4.96. The molecule has 3 rings (SSSR count). The molecule has 0 unspecified atom stereocenters. The number of halogens is 1. The number of benzene rings is 2. The smallest absolute Gasteiger partial charge is 0.326 e. The third-order valence-corrected chi connectivity index (χ3v) is 3.71. The lowest BCUT2D eigenvalue weighted by atomic mass is 10.2. The lowest BCUT2D eigenvalue weighted by molar-refractivity contribution is 0.0967. The molecule has 2 N–H and O–H groups in total. The highest BCUT2D eigenvalue weighted by molar-refractivity contribution is 6.34. The summed E-state index contributed by atoms with van der Waals surface area (Å²) in [5.41, 5.74) is 0.605. The zero-order valence-electron chi connectivity index (χ0n) is 14.2. The van der Waals surface area contributed by atoms with Gasteiger partial charge in [-0.25, -0.2) is 4.79 Å². The SMILES string of the molecule is CC(C)Oc1cccc(NC(=O)NC(=O)c2cc3c(cc2Cl)OCO3)c1. The molecule has 0 fully saturated rings. The van der Waals surface area contributed by atoms with Gasteiger partial charge < -0.3 is 19.5 Å². The number of nitrogens with one attached hydrogen (secondary N) is 2. The van der Waals surface area contributed by atoms with Crippen LogP contribution in [0.3, 0.4) is 0 Å². The maximum absolute atomic E-state index is 12.3. The lowest BCUT2D eigenvalue weighted by Crippen LogP contribution is -2.34. The van der Waals surface area contributed by atoms with Crippen LogP contribution in [-0.2, 0) is 0 Å². The van der Waals surface area contributed by atoms with E-state index in [4.69, 9.17) is 25.8 Å². The Balaban J connectivity index is 1.66. The number of amides is 3. The zero-order chi connectivity index (χ0) is 18.7. The molecular weight excluding hydrogens is 360 g/mol. The van der Waals surface area contributed by atoms with Gasteiger partial charge in [0, 0.05) is 17.8 Å². The van der Waals surface area contributed by atoms with Crippen molar-refractivity contribution in [3.8, 4) is 17.2 Å². The van der Waals surface area contributed by atoms with Crippen LogP contribution in [0.2, 0.25) is 5.02 Å². The highest BCUT2D eigenvalue weighted by Crippen LogP contribution is 2.36. The molecule has 0 bridgehead atoms. The van der Waals surface area contributed by atoms with Gasteiger partial charge in [0.1, 0.15) is 5.75 Å². The number of carbonyl (C=O) groups excluding carboxylic acids is 2. The summed E-state index contributed by atoms with van der Waals surface area (Å²) in [7, 11) is 0. The van der Waals surface area contributed by atoms with Crippen molar-refractivity contribution in [3.05, 3.63) is 47.0 Å². The second-order valence-electron chi connectivity index (χ2n) is 5.79. The fourth-order valence-electron chi connectivity index (χ4n) is 2.34. The van der Waals surface area contributed by atoms with Gasteiger partial charge in [0.05, 0.1) is 16.7 Å². The number of hydrogen-bond donors (Lipinski definition) is 2. The third-order valence-electron chi connectivity index (χ3n) is 3.40. The first-order valence-corrected chi connectivity index (χ1v) is 8.28. The van der Waals surface area contributed by atoms with Crippen LogP contribution >= 0.6 is 11.6 Å². The number of urea groups is 1. The van der Waals surface area contributed by atoms with Gasteiger partial charge in [-0.1, -0.05) is 17.7 Å². The molecule has 0 aliphatic carbocycles. The van der Waals surface area contributed by atoms with Crippen molar-refractivity contribution in [2.45, 2.75) is 20.0 Å². The Kier molecular flexibility index (Phi) is 5.18. The van der Waals surface area contributed by atoms with Crippen molar-refractivity contribution in [2.24, 2.45) is 0 Å². The number of ether oxygens (including phenoxy) is 3. The van der Waals surface area contributed by atoms with E-state index in [1.165, 1.54) is 12.1 Å². The molecule has 0 atom stereocenters. The van der Waals surface area contributed by atoms with E-state index in [0.717, 1.165) is 0 Å². The first-order chi connectivity index (χ1) is 12.4. The van der Waals surface area contributed by atoms with Gasteiger partial charge in [0.25, 0.3) is 5.91 Å². The summed E-state index contributed by atoms with van der Waals surface area (Å²) in [5.74, 6) is 0.819. The third kappa shape index (κ3) is 4.18. The highest BCUT2D eigenvalue weighted by Gasteiger charge is 2.21. The van der Waals surface area contributed by atoms with Crippen LogP contribution in [0.4, 0.5) is 10.5 Å². The van der Waals surface area contributed by atoms with Gasteiger partial charge in [-0.2, -0.15) is 0 Å². The van der Waals surface area contributed by atoms with Crippen LogP contribution in [0.25, 0.3) is 0 Å². The van der Waals surface area contributed by atoms with Crippen LogP contribution in [-0.4, -0.2) is 24.8 Å². The molecule has 136 valence electrons. The summed E-state index contributed by atoms with van der Waals surface area (Å²) in [6.07, 6.45) is 0.00815. The quantitative estimate of drug-likeness (QED) is 0.847. The first-order valence-electron chi connectivity index (χ1n) is 7.90. The zero-order valence-corrected chi connectivity index (χ0v) is 14.9. The second-order valence-corrected chi connectivity index (χ2v) is 6.20. The lowest BCUT2D eigenvalue weighted by Gasteiger charge is -2.12. The van der Waals surface area contributed by atoms with Gasteiger partial charge >= 0.3 is 6.03 Å². The fraction of sp³-hybridized carbons (Fsp3) is 0.222. The molecular formula is C18H17ClN2O5. The minimum absolute atomic E-state index is 0.00815. The molecule has 0 aromatic heterocycles. The monoisotopic (exact) mass is 376 g/mol. The predicted octanol–water partition coefficient (Wildman–Crippen LogP) is 3.82. The topological polar surface area (TPSA) is 85.9 Å². The van der Waals surface area contributed by atoms with Crippen molar-refractivity contribution in [1.29, 1.82) is 0 Å². The molecule has 3 amide bonds. The Hall–Kier alpha value is -2.93. The van der Waals surface area contributed by atoms with Crippen molar-refractivity contribution < 1.29 is 23.8 Å². The molecule has 0 radical (unpaired) electrons. The number of fused-ring (bicyclic) bond motifs is 1. The Labute approximate surface area is 155 Å². The van der Waals surface area contributed by atoms with Crippen LogP contribution in [0.5, 0.6) is 17.2 Å². The van der Waals surface area contributed by atoms with Crippen LogP contribution < -0.4 is 24.8 Å². The summed E-state index contributed by atoms with van der Waals surface area (Å²) in [6, 6.07) is 9.09. The van der Waals surface area contributed by atoms with Gasteiger partial charge in [-0.05, 0) is 32.0 Å². The summed E-state index contributed by atoms with van der Waals surface area (Å²) in [4.78, 5) is 24.4. The summed E-state index contributed by atoms with van der Waals surface area (Å²) in [6.45, 7) is 3.87. The summed E-state index contributed by atoms with van der Waals surface area (Å²) >= 11 is 6.07. The highest BCUT2D eigenvalue weighted by atomic mass is 35.5. The normalized spacial score (nSPS) is 12.0. The van der Waals surface area contributed by atoms with Crippen molar-refractivity contribution in [3.63, 3.8) is 0 Å². The molecule has 2 aromatic rings. The number of imide groups is 1. The van der Waals surface area contributed by atoms with Gasteiger partial charge in [-0.15, -0.1) is 0 Å². The minimum atomic E-state index is -0.689. The van der Waals surface area contributed by atoms with Crippen LogP contribution in [0.1, 0.15) is 24.2 Å². The molecule has 8 heteroatoms. The largest absolute Gasteiger partial charge is 0.491 e. The Bertz CT molecular complexity index is 853. The standard InChI is InChI=1S/C18H17ClN2O5/c1-10(2)26-12-5-3-4-11(6-12)20-18(23)21-17(22)13-7-15-16(8-14(13)19)25-9-24-15/h3-8,10H,9H2,1-2H3,(H2,20,21,22,23). The number of hydrogen-bond acceptors (Lipinski definition) is 5. The second kappa shape index (κ2) is 7.53. The fourth-order valence-corrected chi connectivity index (χ4v) is 2.58. The van der Waals surface area contributed by atoms with Crippen LogP contribution in [0.15, 0.2) is 36.4 Å². The van der Waals surface area contributed by atoms with Crippen molar-refractivity contribution >= 4 is 29.2 Å². The van der Waals surface area contributed by atoms with E-state index in [-0.39, 0.29) is 23.5 Å². The summed E-state index contributed by atoms with van der Waals surface area (Å²) < 4.78 is 16.0. The number of anilines is 1. The molecule has 0 saturated carbocycles. The number of carbonyl (C=O) groups is 2. The maximum Gasteiger partial charge on any atom is 0.326 e. The average Bonchev–Trinajstić information content (AvgIpc) is 3.00. The van der Waals surface area contributed by atoms with Crippen molar-refractivity contribution in [2.75, 3.05) is 12.1 Å². The maximum atomic E-state index is 12.3. The predicted molar refractivity (Wildman–Crippen MR) is 96.3 cm³/mol. The Morgan fingerprint density at radius 3 is 2.62 bits per heavy atom. The van der Waals surface area contributed by atoms with Gasteiger partial charge in [0.15, 0.2) is 11.5 Å². The van der Waals surface area contributed by atoms with E-state index in [1.807, 2.05) is 13.8 Å². The van der Waals surface area contributed by atoms with E-state index in [0.29, 0.717) is 22.9 Å². The Morgan fingerprint density at radius 2 is 1.88 bits per heavy atom. The van der Waals surface area contributed by atoms with E-state index in [2.05, 4.69) is 10.6 Å². The average molecular weight is 377 g/mol. The van der Waals surface area contributed by atoms with E-state index < -0.39 is 11.9 Å². The molecule has 1 aliphatic rings. The molecule has 26 heavy (non-hydrogen) atoms. The molecule has 1 aliphatic heterocycles. The first kappa shape index (κ1) is 17.9. The molecule has 7 nitrogen and oxygen atoms in total.